The van der Waals surface area contributed by atoms with Crippen LogP contribution in [0.3, 0.4) is 0 Å². The Morgan fingerprint density at radius 3 is 2.80 bits per heavy atom. The summed E-state index contributed by atoms with van der Waals surface area (Å²) in [6, 6.07) is 1.02. The molecule has 15 heavy (non-hydrogen) atoms. The van der Waals surface area contributed by atoms with E-state index in [4.69, 9.17) is 0 Å². The molecule has 3 rings (SSSR count). The van der Waals surface area contributed by atoms with Crippen LogP contribution in [0.5, 0.6) is 0 Å². The lowest BCUT2D eigenvalue weighted by Crippen LogP contribution is -2.29. The highest BCUT2D eigenvalue weighted by Crippen LogP contribution is 2.23. The molecule has 0 unspecified atom stereocenters. The molecular formula is C11H15N3O. The summed E-state index contributed by atoms with van der Waals surface area (Å²) in [6.07, 6.45) is 4.17. The average molecular weight is 205 g/mol. The van der Waals surface area contributed by atoms with Crippen molar-refractivity contribution in [2.45, 2.75) is 44.7 Å². The van der Waals surface area contributed by atoms with E-state index in [0.717, 1.165) is 29.9 Å². The first-order valence-corrected chi connectivity index (χ1v) is 5.57. The van der Waals surface area contributed by atoms with E-state index in [1.54, 1.807) is 0 Å². The third kappa shape index (κ3) is 1.49. The maximum absolute atomic E-state index is 11.8. The lowest BCUT2D eigenvalue weighted by atomic mass is 9.98. The van der Waals surface area contributed by atoms with Gasteiger partial charge in [0.2, 0.25) is 0 Å². The van der Waals surface area contributed by atoms with Crippen molar-refractivity contribution in [2.24, 2.45) is 0 Å². The third-order valence-corrected chi connectivity index (χ3v) is 3.44. The lowest BCUT2D eigenvalue weighted by Gasteiger charge is -2.10. The Morgan fingerprint density at radius 1 is 1.27 bits per heavy atom. The maximum Gasteiger partial charge on any atom is 0.254 e. The second kappa shape index (κ2) is 3.17. The van der Waals surface area contributed by atoms with Crippen LogP contribution in [0, 0.1) is 6.92 Å². The lowest BCUT2D eigenvalue weighted by molar-refractivity contribution is 0.552. The molecule has 4 heteroatoms. The summed E-state index contributed by atoms with van der Waals surface area (Å²) in [6.45, 7) is 1.85. The molecule has 2 aliphatic heterocycles. The van der Waals surface area contributed by atoms with E-state index >= 15 is 0 Å². The van der Waals surface area contributed by atoms with Crippen molar-refractivity contribution in [3.8, 4) is 0 Å². The topological polar surface area (TPSA) is 57.8 Å². The Kier molecular flexibility index (Phi) is 1.92. The van der Waals surface area contributed by atoms with E-state index in [1.807, 2.05) is 6.92 Å². The molecule has 1 saturated heterocycles. The van der Waals surface area contributed by atoms with Crippen molar-refractivity contribution < 1.29 is 0 Å². The van der Waals surface area contributed by atoms with Crippen LogP contribution >= 0.6 is 0 Å². The van der Waals surface area contributed by atoms with Crippen molar-refractivity contribution in [1.82, 2.24) is 15.3 Å². The quantitative estimate of drug-likeness (QED) is 0.640. The highest BCUT2D eigenvalue weighted by molar-refractivity contribution is 5.23. The number of nitrogens with one attached hydrogen (secondary N) is 2. The SMILES string of the molecule is Cc1nc2c(c(=O)[nH]1)C[C@@H]1CC[C@H](C2)N1. The summed E-state index contributed by atoms with van der Waals surface area (Å²) >= 11 is 0. The van der Waals surface area contributed by atoms with E-state index in [0.29, 0.717) is 12.1 Å². The minimum atomic E-state index is 0.0619. The third-order valence-electron chi connectivity index (χ3n) is 3.44. The Morgan fingerprint density at radius 2 is 2.00 bits per heavy atom. The number of aryl methyl sites for hydroxylation is 1. The van der Waals surface area contributed by atoms with Crippen molar-refractivity contribution in [3.05, 3.63) is 27.4 Å². The van der Waals surface area contributed by atoms with Gasteiger partial charge in [-0.05, 0) is 26.2 Å². The first-order valence-electron chi connectivity index (χ1n) is 5.57. The van der Waals surface area contributed by atoms with E-state index in [9.17, 15) is 4.79 Å². The number of aromatic amines is 1. The van der Waals surface area contributed by atoms with Crippen LogP contribution in [0.25, 0.3) is 0 Å². The van der Waals surface area contributed by atoms with Crippen molar-refractivity contribution in [3.63, 3.8) is 0 Å². The van der Waals surface area contributed by atoms with Gasteiger partial charge < -0.3 is 10.3 Å². The van der Waals surface area contributed by atoms with Crippen LogP contribution in [0.4, 0.5) is 0 Å². The van der Waals surface area contributed by atoms with Crippen molar-refractivity contribution >= 4 is 0 Å². The van der Waals surface area contributed by atoms with Crippen LogP contribution in [0.2, 0.25) is 0 Å². The summed E-state index contributed by atoms with van der Waals surface area (Å²) in [5.41, 5.74) is 1.98. The van der Waals surface area contributed by atoms with Crippen LogP contribution in [-0.4, -0.2) is 22.1 Å². The van der Waals surface area contributed by atoms with E-state index in [-0.39, 0.29) is 5.56 Å². The first kappa shape index (κ1) is 9.09. The molecule has 80 valence electrons. The van der Waals surface area contributed by atoms with E-state index in [2.05, 4.69) is 15.3 Å². The first-order chi connectivity index (χ1) is 7.22. The van der Waals surface area contributed by atoms with Gasteiger partial charge in [0.15, 0.2) is 0 Å². The highest BCUT2D eigenvalue weighted by atomic mass is 16.1. The number of aromatic nitrogens is 2. The molecule has 3 heterocycles. The Hall–Kier alpha value is -1.16. The van der Waals surface area contributed by atoms with Gasteiger partial charge in [-0.15, -0.1) is 0 Å². The van der Waals surface area contributed by atoms with Gasteiger partial charge in [-0.25, -0.2) is 4.98 Å². The zero-order valence-electron chi connectivity index (χ0n) is 8.84. The van der Waals surface area contributed by atoms with Crippen LogP contribution < -0.4 is 10.9 Å². The number of hydrogen-bond donors (Lipinski definition) is 2. The molecule has 0 radical (unpaired) electrons. The van der Waals surface area contributed by atoms with Gasteiger partial charge in [-0.2, -0.15) is 0 Å². The van der Waals surface area contributed by atoms with Gasteiger partial charge in [-0.1, -0.05) is 0 Å². The minimum absolute atomic E-state index is 0.0619. The Labute approximate surface area is 88.1 Å². The molecule has 2 N–H and O–H groups in total. The van der Waals surface area contributed by atoms with Gasteiger partial charge in [-0.3, -0.25) is 4.79 Å². The van der Waals surface area contributed by atoms with Gasteiger partial charge >= 0.3 is 0 Å². The van der Waals surface area contributed by atoms with Gasteiger partial charge in [0.1, 0.15) is 5.82 Å². The van der Waals surface area contributed by atoms with Crippen LogP contribution in [0.15, 0.2) is 4.79 Å². The standard InChI is InChI=1S/C11H15N3O/c1-6-12-10-5-8-3-2-7(14-8)4-9(10)11(15)13-6/h7-8,14H,2-5H2,1H3,(H,12,13,15)/t7-,8+/m0/s1. The van der Waals surface area contributed by atoms with Crippen LogP contribution in [0.1, 0.15) is 29.9 Å². The molecule has 0 amide bonds. The normalized spacial score (nSPS) is 28.6. The minimum Gasteiger partial charge on any atom is -0.311 e. The summed E-state index contributed by atoms with van der Waals surface area (Å²) < 4.78 is 0. The average Bonchev–Trinajstić information content (AvgIpc) is 2.48. The van der Waals surface area contributed by atoms with Crippen molar-refractivity contribution in [1.29, 1.82) is 0 Å². The summed E-state index contributed by atoms with van der Waals surface area (Å²) in [7, 11) is 0. The van der Waals surface area contributed by atoms with Crippen LogP contribution in [-0.2, 0) is 12.8 Å². The number of rotatable bonds is 0. The maximum atomic E-state index is 11.8. The molecule has 2 aliphatic rings. The second-order valence-electron chi connectivity index (χ2n) is 4.62. The largest absolute Gasteiger partial charge is 0.311 e. The van der Waals surface area contributed by atoms with Gasteiger partial charge in [0, 0.05) is 24.1 Å². The molecule has 0 aliphatic carbocycles. The monoisotopic (exact) mass is 205 g/mol. The summed E-state index contributed by atoms with van der Waals surface area (Å²) in [5.74, 6) is 0.733. The zero-order valence-corrected chi connectivity index (χ0v) is 8.84. The van der Waals surface area contributed by atoms with Gasteiger partial charge in [0.05, 0.1) is 5.69 Å². The molecular weight excluding hydrogens is 190 g/mol. The molecule has 1 aromatic rings. The molecule has 2 atom stereocenters. The van der Waals surface area contributed by atoms with E-state index in [1.165, 1.54) is 12.8 Å². The molecule has 1 fully saturated rings. The molecule has 1 aromatic heterocycles. The number of nitrogens with zero attached hydrogens (tertiary/aromatic N) is 1. The van der Waals surface area contributed by atoms with Crippen molar-refractivity contribution in [2.75, 3.05) is 0 Å². The molecule has 0 aromatic carbocycles. The zero-order chi connectivity index (χ0) is 10.4. The summed E-state index contributed by atoms with van der Waals surface area (Å²) in [4.78, 5) is 19.0. The smallest absolute Gasteiger partial charge is 0.254 e. The predicted molar refractivity (Wildman–Crippen MR) is 56.9 cm³/mol. The highest BCUT2D eigenvalue weighted by Gasteiger charge is 2.30. The summed E-state index contributed by atoms with van der Waals surface area (Å²) in [5, 5.41) is 3.55. The van der Waals surface area contributed by atoms with Gasteiger partial charge in [0.25, 0.3) is 5.56 Å². The predicted octanol–water partition coefficient (Wildman–Crippen LogP) is 0.298. The Bertz CT molecular complexity index is 452. The molecule has 4 nitrogen and oxygen atoms in total. The molecule has 0 spiro atoms. The number of hydrogen-bond acceptors (Lipinski definition) is 3. The fourth-order valence-electron chi connectivity index (χ4n) is 2.75. The Balaban J connectivity index is 2.12. The molecule has 2 bridgehead atoms. The molecule has 0 saturated carbocycles. The number of H-pyrrole nitrogens is 1. The number of fused-ring (bicyclic) bond motifs is 3. The van der Waals surface area contributed by atoms with E-state index < -0.39 is 0 Å². The fraction of sp³-hybridized carbons (Fsp3) is 0.636. The fourth-order valence-corrected chi connectivity index (χ4v) is 2.75. The second-order valence-corrected chi connectivity index (χ2v) is 4.62.